The van der Waals surface area contributed by atoms with Crippen molar-refractivity contribution in [2.45, 2.75) is 44.0 Å². The van der Waals surface area contributed by atoms with E-state index in [1.54, 1.807) is 13.8 Å². The summed E-state index contributed by atoms with van der Waals surface area (Å²) in [6.07, 6.45) is 2.30. The maximum absolute atomic E-state index is 12.7. The maximum Gasteiger partial charge on any atom is 0.328 e. The number of sulfone groups is 1. The minimum atomic E-state index is -3.30. The largest absolute Gasteiger partial charge is 0.464 e. The summed E-state index contributed by atoms with van der Waals surface area (Å²) in [5, 5.41) is 0. The smallest absolute Gasteiger partial charge is 0.328 e. The third-order valence-corrected chi connectivity index (χ3v) is 5.91. The van der Waals surface area contributed by atoms with Gasteiger partial charge in [0.15, 0.2) is 9.84 Å². The van der Waals surface area contributed by atoms with Crippen LogP contribution in [-0.4, -0.2) is 50.1 Å². The lowest BCUT2D eigenvalue weighted by molar-refractivity contribution is -0.149. The van der Waals surface area contributed by atoms with Gasteiger partial charge in [0, 0.05) is 12.1 Å². The van der Waals surface area contributed by atoms with Gasteiger partial charge in [0.2, 0.25) is 0 Å². The van der Waals surface area contributed by atoms with Crippen LogP contribution in [0.1, 0.15) is 43.5 Å². The molecule has 1 saturated heterocycles. The molecule has 6 nitrogen and oxygen atoms in total. The van der Waals surface area contributed by atoms with Crippen LogP contribution in [0.2, 0.25) is 0 Å². The molecule has 132 valence electrons. The zero-order valence-electron chi connectivity index (χ0n) is 14.0. The van der Waals surface area contributed by atoms with Crippen molar-refractivity contribution in [2.24, 2.45) is 0 Å². The summed E-state index contributed by atoms with van der Waals surface area (Å²) in [4.78, 5) is 26.5. The number of carbonyl (C=O) groups excluding carboxylic acids is 2. The molecule has 1 atom stereocenters. The number of esters is 1. The molecule has 1 aromatic carbocycles. The highest BCUT2D eigenvalue weighted by Gasteiger charge is 2.33. The first-order chi connectivity index (χ1) is 11.4. The monoisotopic (exact) mass is 353 g/mol. The first-order valence-electron chi connectivity index (χ1n) is 8.21. The third kappa shape index (κ3) is 3.95. The zero-order valence-corrected chi connectivity index (χ0v) is 14.8. The lowest BCUT2D eigenvalue weighted by atomic mass is 10.0. The molecule has 1 aromatic rings. The standard InChI is InChI=1S/C17H23NO5S/c1-3-23-17(20)15-7-5-6-12-18(15)16(19)13-8-10-14(11-9-13)24(21,22)4-2/h8-11,15H,3-7,12H2,1-2H3. The third-order valence-electron chi connectivity index (χ3n) is 4.16. The van der Waals surface area contributed by atoms with Gasteiger partial charge in [0.05, 0.1) is 17.3 Å². The van der Waals surface area contributed by atoms with E-state index in [-0.39, 0.29) is 29.1 Å². The maximum atomic E-state index is 12.7. The fourth-order valence-corrected chi connectivity index (χ4v) is 3.68. The molecule has 0 bridgehead atoms. The van der Waals surface area contributed by atoms with Gasteiger partial charge in [0.25, 0.3) is 5.91 Å². The van der Waals surface area contributed by atoms with Crippen LogP contribution in [0.5, 0.6) is 0 Å². The summed E-state index contributed by atoms with van der Waals surface area (Å²) in [7, 11) is -3.30. The fourth-order valence-electron chi connectivity index (χ4n) is 2.80. The summed E-state index contributed by atoms with van der Waals surface area (Å²) in [6, 6.07) is 5.32. The Balaban J connectivity index is 2.21. The van der Waals surface area contributed by atoms with Crippen LogP contribution < -0.4 is 0 Å². The number of piperidine rings is 1. The van der Waals surface area contributed by atoms with Crippen LogP contribution in [-0.2, 0) is 19.4 Å². The Bertz CT molecular complexity index is 696. The topological polar surface area (TPSA) is 80.8 Å². The van der Waals surface area contributed by atoms with Crippen LogP contribution in [0.3, 0.4) is 0 Å². The molecule has 1 fully saturated rings. The molecular weight excluding hydrogens is 330 g/mol. The van der Waals surface area contributed by atoms with Gasteiger partial charge in [-0.05, 0) is 50.5 Å². The average Bonchev–Trinajstić information content (AvgIpc) is 2.61. The minimum absolute atomic E-state index is 0.0113. The van der Waals surface area contributed by atoms with Gasteiger partial charge in [0.1, 0.15) is 6.04 Å². The number of amides is 1. The molecule has 0 aliphatic carbocycles. The molecule has 0 saturated carbocycles. The Morgan fingerprint density at radius 2 is 1.83 bits per heavy atom. The molecule has 1 aliphatic heterocycles. The van der Waals surface area contributed by atoms with E-state index in [2.05, 4.69) is 0 Å². The van der Waals surface area contributed by atoms with E-state index < -0.39 is 15.9 Å². The highest BCUT2D eigenvalue weighted by Crippen LogP contribution is 2.22. The highest BCUT2D eigenvalue weighted by atomic mass is 32.2. The number of hydrogen-bond donors (Lipinski definition) is 0. The number of hydrogen-bond acceptors (Lipinski definition) is 5. The number of likely N-dealkylation sites (tertiary alicyclic amines) is 1. The quantitative estimate of drug-likeness (QED) is 0.757. The molecule has 0 radical (unpaired) electrons. The van der Waals surface area contributed by atoms with Crippen molar-refractivity contribution in [3.8, 4) is 0 Å². The predicted molar refractivity (Wildman–Crippen MR) is 89.5 cm³/mol. The summed E-state index contributed by atoms with van der Waals surface area (Å²) in [5.74, 6) is -0.638. The molecule has 7 heteroatoms. The normalized spacial score (nSPS) is 18.2. The van der Waals surface area contributed by atoms with Crippen molar-refractivity contribution in [1.29, 1.82) is 0 Å². The summed E-state index contributed by atoms with van der Waals surface area (Å²) >= 11 is 0. The number of carbonyl (C=O) groups is 2. The molecule has 0 spiro atoms. The van der Waals surface area contributed by atoms with E-state index in [1.165, 1.54) is 29.2 Å². The molecule has 1 amide bonds. The van der Waals surface area contributed by atoms with Crippen molar-refractivity contribution >= 4 is 21.7 Å². The first kappa shape index (κ1) is 18.4. The van der Waals surface area contributed by atoms with Crippen molar-refractivity contribution in [1.82, 2.24) is 4.90 Å². The van der Waals surface area contributed by atoms with Crippen molar-refractivity contribution in [3.63, 3.8) is 0 Å². The molecule has 0 N–H and O–H groups in total. The number of nitrogens with zero attached hydrogens (tertiary/aromatic N) is 1. The number of ether oxygens (including phenoxy) is 1. The summed E-state index contributed by atoms with van der Waals surface area (Å²) < 4.78 is 28.7. The second kappa shape index (κ2) is 7.79. The van der Waals surface area contributed by atoms with Gasteiger partial charge in [-0.15, -0.1) is 0 Å². The van der Waals surface area contributed by atoms with Crippen molar-refractivity contribution in [2.75, 3.05) is 18.9 Å². The Kier molecular flexibility index (Phi) is 5.99. The van der Waals surface area contributed by atoms with Crippen LogP contribution in [0.4, 0.5) is 0 Å². The Labute approximate surface area is 142 Å². The van der Waals surface area contributed by atoms with Crippen LogP contribution in [0.15, 0.2) is 29.2 Å². The minimum Gasteiger partial charge on any atom is -0.464 e. The second-order valence-electron chi connectivity index (χ2n) is 5.69. The second-order valence-corrected chi connectivity index (χ2v) is 7.97. The van der Waals surface area contributed by atoms with Gasteiger partial charge in [-0.1, -0.05) is 6.92 Å². The Morgan fingerprint density at radius 3 is 2.42 bits per heavy atom. The predicted octanol–water partition coefficient (Wildman–Crippen LogP) is 2.04. The van der Waals surface area contributed by atoms with Crippen molar-refractivity contribution < 1.29 is 22.7 Å². The molecule has 24 heavy (non-hydrogen) atoms. The van der Waals surface area contributed by atoms with E-state index in [9.17, 15) is 18.0 Å². The van der Waals surface area contributed by atoms with Crippen LogP contribution in [0, 0.1) is 0 Å². The molecule has 0 aromatic heterocycles. The molecule has 2 rings (SSSR count). The van der Waals surface area contributed by atoms with E-state index in [1.807, 2.05) is 0 Å². The fraction of sp³-hybridized carbons (Fsp3) is 0.529. The molecular formula is C17H23NO5S. The number of benzene rings is 1. The summed E-state index contributed by atoms with van der Waals surface area (Å²) in [6.45, 7) is 4.09. The van der Waals surface area contributed by atoms with E-state index >= 15 is 0 Å². The zero-order chi connectivity index (χ0) is 17.7. The van der Waals surface area contributed by atoms with Gasteiger partial charge in [-0.3, -0.25) is 4.79 Å². The average molecular weight is 353 g/mol. The van der Waals surface area contributed by atoms with Crippen molar-refractivity contribution in [3.05, 3.63) is 29.8 Å². The van der Waals surface area contributed by atoms with Gasteiger partial charge in [-0.2, -0.15) is 0 Å². The van der Waals surface area contributed by atoms with Crippen LogP contribution in [0.25, 0.3) is 0 Å². The highest BCUT2D eigenvalue weighted by molar-refractivity contribution is 7.91. The lowest BCUT2D eigenvalue weighted by Crippen LogP contribution is -2.48. The molecule has 1 heterocycles. The summed E-state index contributed by atoms with van der Waals surface area (Å²) in [5.41, 5.74) is 0.376. The van der Waals surface area contributed by atoms with Gasteiger partial charge in [-0.25, -0.2) is 13.2 Å². The molecule has 1 unspecified atom stereocenters. The van der Waals surface area contributed by atoms with E-state index in [4.69, 9.17) is 4.74 Å². The van der Waals surface area contributed by atoms with E-state index in [0.717, 1.165) is 12.8 Å². The van der Waals surface area contributed by atoms with Gasteiger partial charge >= 0.3 is 5.97 Å². The molecule has 1 aliphatic rings. The Morgan fingerprint density at radius 1 is 1.17 bits per heavy atom. The van der Waals surface area contributed by atoms with E-state index in [0.29, 0.717) is 18.5 Å². The Hall–Kier alpha value is -1.89. The SMILES string of the molecule is CCOC(=O)C1CCCCN1C(=O)c1ccc(S(=O)(=O)CC)cc1. The first-order valence-corrected chi connectivity index (χ1v) is 9.86. The van der Waals surface area contributed by atoms with Crippen LogP contribution >= 0.6 is 0 Å². The lowest BCUT2D eigenvalue weighted by Gasteiger charge is -2.34. The number of rotatable bonds is 5. The van der Waals surface area contributed by atoms with Gasteiger partial charge < -0.3 is 9.64 Å².